The Balaban J connectivity index is 1.44. The fraction of sp³-hybridized carbons (Fsp3) is 0.400. The zero-order chi connectivity index (χ0) is 19.0. The van der Waals surface area contributed by atoms with E-state index in [2.05, 4.69) is 5.32 Å². The number of aliphatic hydroxyl groups excluding tert-OH is 1. The molecule has 142 valence electrons. The summed E-state index contributed by atoms with van der Waals surface area (Å²) < 4.78 is 5.59. The zero-order valence-corrected chi connectivity index (χ0v) is 15.9. The number of hydrogen-bond donors (Lipinski definition) is 2. The van der Waals surface area contributed by atoms with Crippen molar-refractivity contribution in [3.63, 3.8) is 0 Å². The van der Waals surface area contributed by atoms with E-state index in [4.69, 9.17) is 4.74 Å². The summed E-state index contributed by atoms with van der Waals surface area (Å²) in [5, 5.41) is 15.2. The third-order valence-corrected chi connectivity index (χ3v) is 6.14. The predicted molar refractivity (Wildman–Crippen MR) is 102 cm³/mol. The molecule has 2 heterocycles. The monoisotopic (exact) mass is 386 g/mol. The van der Waals surface area contributed by atoms with Crippen LogP contribution in [0.3, 0.4) is 0 Å². The van der Waals surface area contributed by atoms with E-state index in [1.807, 2.05) is 42.6 Å². The molecule has 1 aromatic heterocycles. The van der Waals surface area contributed by atoms with Gasteiger partial charge in [0.15, 0.2) is 0 Å². The van der Waals surface area contributed by atoms with Crippen molar-refractivity contribution in [2.45, 2.75) is 37.8 Å². The molecule has 3 amide bonds. The van der Waals surface area contributed by atoms with Crippen LogP contribution in [0.4, 0.5) is 4.79 Å². The summed E-state index contributed by atoms with van der Waals surface area (Å²) in [6.07, 6.45) is 1.42. The fourth-order valence-corrected chi connectivity index (χ4v) is 4.87. The first kappa shape index (κ1) is 18.0. The van der Waals surface area contributed by atoms with E-state index in [1.54, 1.807) is 11.3 Å². The Hall–Kier alpha value is -2.38. The lowest BCUT2D eigenvalue weighted by Crippen LogP contribution is -2.46. The molecule has 0 radical (unpaired) electrons. The Labute approximate surface area is 161 Å². The Kier molecular flexibility index (Phi) is 4.65. The van der Waals surface area contributed by atoms with E-state index in [1.165, 1.54) is 0 Å². The summed E-state index contributed by atoms with van der Waals surface area (Å²) in [5.74, 6) is 0.374. The molecular weight excluding hydrogens is 364 g/mol. The molecule has 1 fully saturated rings. The van der Waals surface area contributed by atoms with E-state index in [0.717, 1.165) is 33.7 Å². The van der Waals surface area contributed by atoms with Crippen molar-refractivity contribution in [1.29, 1.82) is 0 Å². The average Bonchev–Trinajstić information content (AvgIpc) is 3.21. The van der Waals surface area contributed by atoms with Crippen LogP contribution in [0.15, 0.2) is 35.7 Å². The summed E-state index contributed by atoms with van der Waals surface area (Å²) >= 11 is 1.62. The van der Waals surface area contributed by atoms with Crippen molar-refractivity contribution >= 4 is 23.3 Å². The van der Waals surface area contributed by atoms with E-state index in [-0.39, 0.29) is 19.1 Å². The van der Waals surface area contributed by atoms with Gasteiger partial charge >= 0.3 is 6.03 Å². The average molecular weight is 386 g/mol. The van der Waals surface area contributed by atoms with Crippen LogP contribution in [-0.2, 0) is 16.8 Å². The van der Waals surface area contributed by atoms with Gasteiger partial charge < -0.3 is 15.2 Å². The molecule has 0 saturated carbocycles. The highest BCUT2D eigenvalue weighted by atomic mass is 32.1. The number of amides is 3. The van der Waals surface area contributed by atoms with Gasteiger partial charge in [0.2, 0.25) is 0 Å². The number of nitrogens with zero attached hydrogens (tertiary/aromatic N) is 1. The zero-order valence-electron chi connectivity index (χ0n) is 15.1. The molecule has 1 aliphatic carbocycles. The second kappa shape index (κ2) is 6.98. The molecule has 2 aliphatic rings. The van der Waals surface area contributed by atoms with Crippen molar-refractivity contribution in [1.82, 2.24) is 10.2 Å². The number of urea groups is 1. The molecule has 1 saturated heterocycles. The first-order valence-corrected chi connectivity index (χ1v) is 9.96. The molecule has 1 spiro atoms. The van der Waals surface area contributed by atoms with Crippen LogP contribution in [0.5, 0.6) is 5.75 Å². The molecule has 2 N–H and O–H groups in total. The molecule has 0 unspecified atom stereocenters. The number of thiophene rings is 1. The quantitative estimate of drug-likeness (QED) is 0.774. The van der Waals surface area contributed by atoms with Gasteiger partial charge in [0.05, 0.1) is 6.54 Å². The van der Waals surface area contributed by atoms with Gasteiger partial charge in [-0.25, -0.2) is 4.79 Å². The standard InChI is InChI=1S/C20H22N2O4S/c1-13-4-2-5-15(10-13)26-12-14(23)11-22-18(24)20(21-19(22)25)8-3-6-17-16(20)7-9-27-17/h2,4-5,7,9-10,14,23H,3,6,8,11-12H2,1H3,(H,21,25)/t14-,20+/m0/s1. The lowest BCUT2D eigenvalue weighted by atomic mass is 9.80. The lowest BCUT2D eigenvalue weighted by molar-refractivity contribution is -0.133. The number of rotatable bonds is 5. The third kappa shape index (κ3) is 3.21. The van der Waals surface area contributed by atoms with Gasteiger partial charge in [-0.2, -0.15) is 0 Å². The van der Waals surface area contributed by atoms with E-state index >= 15 is 0 Å². The normalized spacial score (nSPS) is 22.7. The van der Waals surface area contributed by atoms with Crippen molar-refractivity contribution in [2.24, 2.45) is 0 Å². The largest absolute Gasteiger partial charge is 0.491 e. The maximum Gasteiger partial charge on any atom is 0.325 e. The minimum atomic E-state index is -0.970. The molecule has 1 aliphatic heterocycles. The molecule has 6 nitrogen and oxygen atoms in total. The number of hydrogen-bond acceptors (Lipinski definition) is 5. The first-order valence-electron chi connectivity index (χ1n) is 9.08. The van der Waals surface area contributed by atoms with Crippen LogP contribution in [0, 0.1) is 6.92 Å². The Bertz CT molecular complexity index is 880. The van der Waals surface area contributed by atoms with E-state index in [0.29, 0.717) is 12.2 Å². The minimum absolute atomic E-state index is 0.0111. The van der Waals surface area contributed by atoms with Crippen LogP contribution in [0.25, 0.3) is 0 Å². The van der Waals surface area contributed by atoms with Gasteiger partial charge in [0.25, 0.3) is 5.91 Å². The molecule has 7 heteroatoms. The summed E-state index contributed by atoms with van der Waals surface area (Å²) in [5.41, 5.74) is 0.994. The maximum atomic E-state index is 13.1. The van der Waals surface area contributed by atoms with Gasteiger partial charge in [0.1, 0.15) is 24.0 Å². The van der Waals surface area contributed by atoms with Crippen molar-refractivity contribution in [2.75, 3.05) is 13.2 Å². The highest BCUT2D eigenvalue weighted by Crippen LogP contribution is 2.42. The number of imide groups is 1. The first-order chi connectivity index (χ1) is 13.0. The molecular formula is C20H22N2O4S. The maximum absolute atomic E-state index is 13.1. The minimum Gasteiger partial charge on any atom is -0.491 e. The molecule has 0 bridgehead atoms. The van der Waals surface area contributed by atoms with Crippen molar-refractivity contribution in [3.8, 4) is 5.75 Å². The molecule has 27 heavy (non-hydrogen) atoms. The van der Waals surface area contributed by atoms with Gasteiger partial charge in [-0.3, -0.25) is 9.69 Å². The molecule has 2 atom stereocenters. The summed E-state index contributed by atoms with van der Waals surface area (Å²) in [7, 11) is 0. The summed E-state index contributed by atoms with van der Waals surface area (Å²) in [6.45, 7) is 1.88. The number of ether oxygens (including phenoxy) is 1. The van der Waals surface area contributed by atoms with Gasteiger partial charge in [-0.1, -0.05) is 12.1 Å². The Morgan fingerprint density at radius 2 is 2.22 bits per heavy atom. The van der Waals surface area contributed by atoms with Crippen LogP contribution < -0.4 is 10.1 Å². The Morgan fingerprint density at radius 1 is 1.37 bits per heavy atom. The number of carbonyl (C=O) groups is 2. The van der Waals surface area contributed by atoms with Crippen LogP contribution >= 0.6 is 11.3 Å². The SMILES string of the molecule is Cc1cccc(OC[C@@H](O)CN2C(=O)N[C@@]3(CCCc4sccc43)C2=O)c1. The number of aliphatic hydroxyl groups is 1. The second-order valence-electron chi connectivity index (χ2n) is 7.14. The fourth-order valence-electron chi connectivity index (χ4n) is 3.87. The van der Waals surface area contributed by atoms with E-state index < -0.39 is 17.7 Å². The molecule has 1 aromatic carbocycles. The van der Waals surface area contributed by atoms with Gasteiger partial charge in [-0.05, 0) is 55.3 Å². The Morgan fingerprint density at radius 3 is 3.04 bits per heavy atom. The van der Waals surface area contributed by atoms with Crippen molar-refractivity contribution in [3.05, 3.63) is 51.7 Å². The van der Waals surface area contributed by atoms with E-state index in [9.17, 15) is 14.7 Å². The lowest BCUT2D eigenvalue weighted by Gasteiger charge is -2.31. The van der Waals surface area contributed by atoms with Crippen LogP contribution in [0.2, 0.25) is 0 Å². The summed E-state index contributed by atoms with van der Waals surface area (Å²) in [4.78, 5) is 27.9. The van der Waals surface area contributed by atoms with Crippen molar-refractivity contribution < 1.29 is 19.4 Å². The topological polar surface area (TPSA) is 78.9 Å². The number of benzene rings is 1. The van der Waals surface area contributed by atoms with Crippen LogP contribution in [-0.4, -0.2) is 41.2 Å². The smallest absolute Gasteiger partial charge is 0.325 e. The number of β-amino-alcohol motifs (C(OH)–C–C–N with tert-alkyl or cyclic N) is 1. The second-order valence-corrected chi connectivity index (χ2v) is 8.14. The van der Waals surface area contributed by atoms with Gasteiger partial charge in [-0.15, -0.1) is 11.3 Å². The third-order valence-electron chi connectivity index (χ3n) is 5.16. The number of fused-ring (bicyclic) bond motifs is 2. The number of nitrogens with one attached hydrogen (secondary N) is 1. The number of aryl methyl sites for hydroxylation is 2. The molecule has 4 rings (SSSR count). The summed E-state index contributed by atoms with van der Waals surface area (Å²) in [6, 6.07) is 8.99. The number of carbonyl (C=O) groups excluding carboxylic acids is 2. The van der Waals surface area contributed by atoms with Gasteiger partial charge in [0, 0.05) is 10.4 Å². The predicted octanol–water partition coefficient (Wildman–Crippen LogP) is 2.58. The van der Waals surface area contributed by atoms with Crippen LogP contribution in [0.1, 0.15) is 28.8 Å². The highest BCUT2D eigenvalue weighted by Gasteiger charge is 2.54. The molecule has 2 aromatic rings. The highest BCUT2D eigenvalue weighted by molar-refractivity contribution is 7.10.